The molecule has 1 aliphatic rings. The Hall–Kier alpha value is -1.35. The minimum Gasteiger partial charge on any atom is -0.481 e. The maximum absolute atomic E-state index is 11.3. The molecule has 0 aromatic heterocycles. The lowest BCUT2D eigenvalue weighted by Crippen LogP contribution is -2.38. The second-order valence-electron chi connectivity index (χ2n) is 5.67. The van der Waals surface area contributed by atoms with E-state index in [9.17, 15) is 9.90 Å². The monoisotopic (exact) mass is 275 g/mol. The Kier molecular flexibility index (Phi) is 5.60. The number of hydrogen-bond acceptors (Lipinski definition) is 2. The molecule has 2 atom stereocenters. The highest BCUT2D eigenvalue weighted by molar-refractivity contribution is 5.68. The number of carboxylic acid groups (broad SMARTS) is 1. The fourth-order valence-corrected chi connectivity index (χ4v) is 3.32. The smallest absolute Gasteiger partial charge is 0.305 e. The predicted octanol–water partition coefficient (Wildman–Crippen LogP) is 3.86. The Morgan fingerprint density at radius 1 is 1.30 bits per heavy atom. The molecule has 0 amide bonds. The molecule has 1 aromatic rings. The summed E-state index contributed by atoms with van der Waals surface area (Å²) in [5.74, 6) is -0.710. The van der Waals surface area contributed by atoms with Gasteiger partial charge in [0.2, 0.25) is 0 Å². The van der Waals surface area contributed by atoms with Gasteiger partial charge in [-0.2, -0.15) is 0 Å². The van der Waals surface area contributed by atoms with Crippen LogP contribution in [-0.2, 0) is 4.79 Å². The summed E-state index contributed by atoms with van der Waals surface area (Å²) in [6.45, 7) is 3.23. The summed E-state index contributed by atoms with van der Waals surface area (Å²) in [6.07, 6.45) is 6.20. The molecule has 1 saturated heterocycles. The number of hydrogen-bond donors (Lipinski definition) is 1. The zero-order valence-electron chi connectivity index (χ0n) is 12.3. The maximum atomic E-state index is 11.3. The lowest BCUT2D eigenvalue weighted by molar-refractivity contribution is -0.138. The van der Waals surface area contributed by atoms with Gasteiger partial charge in [-0.3, -0.25) is 9.69 Å². The Morgan fingerprint density at radius 2 is 2.05 bits per heavy atom. The Balaban J connectivity index is 2.26. The van der Waals surface area contributed by atoms with Gasteiger partial charge < -0.3 is 5.11 Å². The van der Waals surface area contributed by atoms with Gasteiger partial charge in [0.25, 0.3) is 0 Å². The third-order valence-electron chi connectivity index (χ3n) is 4.35. The third-order valence-corrected chi connectivity index (χ3v) is 4.35. The molecule has 1 aromatic carbocycles. The topological polar surface area (TPSA) is 40.5 Å². The van der Waals surface area contributed by atoms with Gasteiger partial charge in [-0.05, 0) is 31.4 Å². The molecule has 0 saturated carbocycles. The molecule has 20 heavy (non-hydrogen) atoms. The quantitative estimate of drug-likeness (QED) is 0.887. The molecule has 2 unspecified atom stereocenters. The summed E-state index contributed by atoms with van der Waals surface area (Å²) < 4.78 is 0. The first kappa shape index (κ1) is 15.0. The maximum Gasteiger partial charge on any atom is 0.305 e. The van der Waals surface area contributed by atoms with Crippen LogP contribution in [0.15, 0.2) is 30.3 Å². The first-order valence-electron chi connectivity index (χ1n) is 7.75. The second kappa shape index (κ2) is 7.44. The number of benzene rings is 1. The van der Waals surface area contributed by atoms with Crippen molar-refractivity contribution < 1.29 is 9.90 Å². The predicted molar refractivity (Wildman–Crippen MR) is 80.7 cm³/mol. The van der Waals surface area contributed by atoms with Crippen molar-refractivity contribution in [2.45, 2.75) is 57.5 Å². The van der Waals surface area contributed by atoms with Crippen LogP contribution < -0.4 is 0 Å². The van der Waals surface area contributed by atoms with Crippen LogP contribution in [-0.4, -0.2) is 28.6 Å². The van der Waals surface area contributed by atoms with Gasteiger partial charge in [0.15, 0.2) is 0 Å². The van der Waals surface area contributed by atoms with E-state index in [1.54, 1.807) is 0 Å². The van der Waals surface area contributed by atoms with Crippen LogP contribution in [0.4, 0.5) is 0 Å². The van der Waals surface area contributed by atoms with Crippen LogP contribution in [0.2, 0.25) is 0 Å². The number of likely N-dealkylation sites (tertiary alicyclic amines) is 1. The van der Waals surface area contributed by atoms with E-state index in [1.807, 2.05) is 18.2 Å². The minimum atomic E-state index is -0.710. The molecule has 3 nitrogen and oxygen atoms in total. The molecule has 1 heterocycles. The van der Waals surface area contributed by atoms with Crippen molar-refractivity contribution in [1.29, 1.82) is 0 Å². The van der Waals surface area contributed by atoms with Crippen molar-refractivity contribution >= 4 is 5.97 Å². The van der Waals surface area contributed by atoms with E-state index < -0.39 is 5.97 Å². The van der Waals surface area contributed by atoms with Crippen LogP contribution in [0.5, 0.6) is 0 Å². The summed E-state index contributed by atoms with van der Waals surface area (Å²) in [6, 6.07) is 10.6. The van der Waals surface area contributed by atoms with Crippen LogP contribution in [0.25, 0.3) is 0 Å². The SMILES string of the molecule is CCC1CCCCCN1C(CC(=O)O)c1ccccc1. The van der Waals surface area contributed by atoms with Crippen molar-refractivity contribution in [3.63, 3.8) is 0 Å². The van der Waals surface area contributed by atoms with Gasteiger partial charge in [-0.25, -0.2) is 0 Å². The molecule has 0 aliphatic carbocycles. The number of aliphatic carboxylic acids is 1. The normalized spacial score (nSPS) is 22.1. The van der Waals surface area contributed by atoms with Crippen LogP contribution in [0, 0.1) is 0 Å². The van der Waals surface area contributed by atoms with Crippen molar-refractivity contribution in [3.8, 4) is 0 Å². The Labute approximate surface area is 121 Å². The van der Waals surface area contributed by atoms with Crippen molar-refractivity contribution in [1.82, 2.24) is 4.90 Å². The largest absolute Gasteiger partial charge is 0.481 e. The van der Waals surface area contributed by atoms with Crippen LogP contribution >= 0.6 is 0 Å². The van der Waals surface area contributed by atoms with Crippen LogP contribution in [0.1, 0.15) is 57.1 Å². The third kappa shape index (κ3) is 3.83. The Morgan fingerprint density at radius 3 is 2.70 bits per heavy atom. The lowest BCUT2D eigenvalue weighted by atomic mass is 9.98. The summed E-state index contributed by atoms with van der Waals surface area (Å²) in [5, 5.41) is 9.28. The average molecular weight is 275 g/mol. The molecule has 0 spiro atoms. The summed E-state index contributed by atoms with van der Waals surface area (Å²) in [5.41, 5.74) is 1.13. The molecule has 1 fully saturated rings. The molecule has 1 N–H and O–H groups in total. The number of carboxylic acids is 1. The summed E-state index contributed by atoms with van der Waals surface area (Å²) in [4.78, 5) is 13.7. The molecular weight excluding hydrogens is 250 g/mol. The highest BCUT2D eigenvalue weighted by Crippen LogP contribution is 2.31. The first-order valence-corrected chi connectivity index (χ1v) is 7.75. The van der Waals surface area contributed by atoms with E-state index in [2.05, 4.69) is 24.0 Å². The van der Waals surface area contributed by atoms with Gasteiger partial charge in [-0.15, -0.1) is 0 Å². The zero-order valence-corrected chi connectivity index (χ0v) is 12.3. The molecule has 0 bridgehead atoms. The molecule has 0 radical (unpaired) electrons. The van der Waals surface area contributed by atoms with Gasteiger partial charge in [0, 0.05) is 12.1 Å². The number of rotatable bonds is 5. The van der Waals surface area contributed by atoms with E-state index in [-0.39, 0.29) is 12.5 Å². The number of nitrogens with zero attached hydrogens (tertiary/aromatic N) is 1. The van der Waals surface area contributed by atoms with Crippen molar-refractivity contribution in [3.05, 3.63) is 35.9 Å². The lowest BCUT2D eigenvalue weighted by Gasteiger charge is -2.36. The van der Waals surface area contributed by atoms with E-state index >= 15 is 0 Å². The minimum absolute atomic E-state index is 0.0109. The van der Waals surface area contributed by atoms with E-state index in [0.29, 0.717) is 6.04 Å². The van der Waals surface area contributed by atoms with Gasteiger partial charge >= 0.3 is 5.97 Å². The average Bonchev–Trinajstić information content (AvgIpc) is 2.70. The fourth-order valence-electron chi connectivity index (χ4n) is 3.32. The van der Waals surface area contributed by atoms with Crippen molar-refractivity contribution in [2.75, 3.05) is 6.54 Å². The highest BCUT2D eigenvalue weighted by Gasteiger charge is 2.29. The van der Waals surface area contributed by atoms with Gasteiger partial charge in [0.05, 0.1) is 6.42 Å². The first-order chi connectivity index (χ1) is 9.72. The van der Waals surface area contributed by atoms with Gasteiger partial charge in [-0.1, -0.05) is 50.1 Å². The van der Waals surface area contributed by atoms with Crippen LogP contribution in [0.3, 0.4) is 0 Å². The molecule has 3 heteroatoms. The Bertz CT molecular complexity index is 418. The fraction of sp³-hybridized carbons (Fsp3) is 0.588. The zero-order chi connectivity index (χ0) is 14.4. The molecule has 2 rings (SSSR count). The van der Waals surface area contributed by atoms with E-state index in [1.165, 1.54) is 25.7 Å². The molecular formula is C17H25NO2. The molecule has 1 aliphatic heterocycles. The van der Waals surface area contributed by atoms with E-state index in [4.69, 9.17) is 0 Å². The highest BCUT2D eigenvalue weighted by atomic mass is 16.4. The second-order valence-corrected chi connectivity index (χ2v) is 5.67. The van der Waals surface area contributed by atoms with Gasteiger partial charge in [0.1, 0.15) is 0 Å². The summed E-state index contributed by atoms with van der Waals surface area (Å²) >= 11 is 0. The summed E-state index contributed by atoms with van der Waals surface area (Å²) in [7, 11) is 0. The molecule has 110 valence electrons. The van der Waals surface area contributed by atoms with E-state index in [0.717, 1.165) is 18.5 Å². The standard InChI is InChI=1S/C17H25NO2/c1-2-15-11-7-4-8-12-18(15)16(13-17(19)20)14-9-5-3-6-10-14/h3,5-6,9-10,15-16H,2,4,7-8,11-13H2,1H3,(H,19,20). The van der Waals surface area contributed by atoms with Crippen molar-refractivity contribution in [2.24, 2.45) is 0 Å². The number of carbonyl (C=O) groups is 1.